The number of nitrogens with two attached hydrogens (primary N) is 1. The van der Waals surface area contributed by atoms with Gasteiger partial charge >= 0.3 is 0 Å². The van der Waals surface area contributed by atoms with Crippen LogP contribution in [0.3, 0.4) is 0 Å². The van der Waals surface area contributed by atoms with Gasteiger partial charge in [-0.25, -0.2) is 13.8 Å². The van der Waals surface area contributed by atoms with Gasteiger partial charge in [0, 0.05) is 17.8 Å². The summed E-state index contributed by atoms with van der Waals surface area (Å²) in [5.41, 5.74) is 7.26. The van der Waals surface area contributed by atoms with Gasteiger partial charge < -0.3 is 10.3 Å². The first-order valence-corrected chi connectivity index (χ1v) is 6.67. The SMILES string of the molecule is CC(C)CC(N)c1cncn1Cc1cc(F)ccc1F. The molecule has 0 aliphatic carbocycles. The normalized spacial score (nSPS) is 12.9. The number of hydrogen-bond donors (Lipinski definition) is 1. The van der Waals surface area contributed by atoms with Gasteiger partial charge in [0.05, 0.1) is 18.6 Å². The molecule has 5 heteroatoms. The molecule has 1 aromatic carbocycles. The topological polar surface area (TPSA) is 43.8 Å². The Morgan fingerprint density at radius 2 is 2.05 bits per heavy atom. The largest absolute Gasteiger partial charge is 0.329 e. The van der Waals surface area contributed by atoms with E-state index in [1.165, 1.54) is 6.07 Å². The standard InChI is InChI=1S/C15H19F2N3/c1-10(2)5-14(18)15-7-19-9-20(15)8-11-6-12(16)3-4-13(11)17/h3-4,6-7,9-10,14H,5,8,18H2,1-2H3. The Morgan fingerprint density at radius 3 is 2.75 bits per heavy atom. The predicted molar refractivity (Wildman–Crippen MR) is 74.1 cm³/mol. The number of imidazole rings is 1. The Bertz CT molecular complexity index is 578. The molecule has 1 aromatic heterocycles. The van der Waals surface area contributed by atoms with E-state index in [-0.39, 0.29) is 12.6 Å². The zero-order valence-corrected chi connectivity index (χ0v) is 11.7. The second-order valence-electron chi connectivity index (χ2n) is 5.42. The first-order valence-electron chi connectivity index (χ1n) is 6.67. The van der Waals surface area contributed by atoms with Crippen LogP contribution in [0.5, 0.6) is 0 Å². The number of halogens is 2. The van der Waals surface area contributed by atoms with Gasteiger partial charge in [0.2, 0.25) is 0 Å². The van der Waals surface area contributed by atoms with Crippen LogP contribution in [0.25, 0.3) is 0 Å². The summed E-state index contributed by atoms with van der Waals surface area (Å²) in [6.45, 7) is 4.41. The molecule has 0 bridgehead atoms. The van der Waals surface area contributed by atoms with Crippen LogP contribution >= 0.6 is 0 Å². The molecule has 0 fully saturated rings. The Labute approximate surface area is 117 Å². The summed E-state index contributed by atoms with van der Waals surface area (Å²) < 4.78 is 28.6. The van der Waals surface area contributed by atoms with Gasteiger partial charge in [-0.15, -0.1) is 0 Å². The van der Waals surface area contributed by atoms with Gasteiger partial charge in [0.1, 0.15) is 11.6 Å². The molecule has 2 rings (SSSR count). The molecule has 0 amide bonds. The molecule has 2 aromatic rings. The zero-order chi connectivity index (χ0) is 14.7. The minimum atomic E-state index is -0.449. The Kier molecular flexibility index (Phi) is 4.49. The fourth-order valence-corrected chi connectivity index (χ4v) is 2.25. The van der Waals surface area contributed by atoms with Gasteiger partial charge in [-0.05, 0) is 30.5 Å². The molecule has 0 aliphatic heterocycles. The van der Waals surface area contributed by atoms with Crippen molar-refractivity contribution in [2.45, 2.75) is 32.9 Å². The van der Waals surface area contributed by atoms with Gasteiger partial charge in [0.25, 0.3) is 0 Å². The van der Waals surface area contributed by atoms with Crippen molar-refractivity contribution < 1.29 is 8.78 Å². The van der Waals surface area contributed by atoms with Crippen molar-refractivity contribution in [2.24, 2.45) is 11.7 Å². The summed E-state index contributed by atoms with van der Waals surface area (Å²) in [4.78, 5) is 4.07. The molecule has 1 unspecified atom stereocenters. The quantitative estimate of drug-likeness (QED) is 0.913. The van der Waals surface area contributed by atoms with Gasteiger partial charge in [-0.1, -0.05) is 13.8 Å². The molecule has 1 heterocycles. The molecular weight excluding hydrogens is 260 g/mol. The highest BCUT2D eigenvalue weighted by Gasteiger charge is 2.14. The average molecular weight is 279 g/mol. The number of hydrogen-bond acceptors (Lipinski definition) is 2. The molecule has 1 atom stereocenters. The van der Waals surface area contributed by atoms with Crippen LogP contribution in [0, 0.1) is 17.6 Å². The predicted octanol–water partition coefficient (Wildman–Crippen LogP) is 3.26. The van der Waals surface area contributed by atoms with E-state index in [0.717, 1.165) is 24.2 Å². The lowest BCUT2D eigenvalue weighted by Gasteiger charge is -2.16. The highest BCUT2D eigenvalue weighted by atomic mass is 19.1. The Hall–Kier alpha value is -1.75. The van der Waals surface area contributed by atoms with E-state index in [2.05, 4.69) is 18.8 Å². The van der Waals surface area contributed by atoms with Gasteiger partial charge in [-0.2, -0.15) is 0 Å². The summed E-state index contributed by atoms with van der Waals surface area (Å²) in [5, 5.41) is 0. The molecule has 2 N–H and O–H groups in total. The van der Waals surface area contributed by atoms with E-state index in [0.29, 0.717) is 11.5 Å². The fraction of sp³-hybridized carbons (Fsp3) is 0.400. The number of benzene rings is 1. The van der Waals surface area contributed by atoms with Crippen LogP contribution in [-0.4, -0.2) is 9.55 Å². The maximum atomic E-state index is 13.7. The number of rotatable bonds is 5. The third-order valence-corrected chi connectivity index (χ3v) is 3.20. The summed E-state index contributed by atoms with van der Waals surface area (Å²) in [6, 6.07) is 3.29. The minimum Gasteiger partial charge on any atom is -0.329 e. The van der Waals surface area contributed by atoms with Crippen LogP contribution in [-0.2, 0) is 6.54 Å². The lowest BCUT2D eigenvalue weighted by molar-refractivity contribution is 0.486. The van der Waals surface area contributed by atoms with Crippen LogP contribution in [0.1, 0.15) is 37.6 Å². The monoisotopic (exact) mass is 279 g/mol. The zero-order valence-electron chi connectivity index (χ0n) is 11.7. The molecule has 0 aliphatic rings. The fourth-order valence-electron chi connectivity index (χ4n) is 2.25. The minimum absolute atomic E-state index is 0.158. The molecule has 0 radical (unpaired) electrons. The molecule has 108 valence electrons. The maximum absolute atomic E-state index is 13.7. The Morgan fingerprint density at radius 1 is 1.30 bits per heavy atom. The van der Waals surface area contributed by atoms with Crippen molar-refractivity contribution in [3.63, 3.8) is 0 Å². The summed E-state index contributed by atoms with van der Waals surface area (Å²) >= 11 is 0. The summed E-state index contributed by atoms with van der Waals surface area (Å²) in [6.07, 6.45) is 4.10. The van der Waals surface area contributed by atoms with Gasteiger partial charge in [-0.3, -0.25) is 0 Å². The molecule has 0 spiro atoms. The van der Waals surface area contributed by atoms with E-state index >= 15 is 0 Å². The third-order valence-electron chi connectivity index (χ3n) is 3.20. The second-order valence-corrected chi connectivity index (χ2v) is 5.42. The molecule has 3 nitrogen and oxygen atoms in total. The van der Waals surface area contributed by atoms with Crippen LogP contribution in [0.2, 0.25) is 0 Å². The van der Waals surface area contributed by atoms with E-state index in [1.807, 2.05) is 0 Å². The molecule has 0 saturated heterocycles. The molecule has 0 saturated carbocycles. The first kappa shape index (κ1) is 14.7. The van der Waals surface area contributed by atoms with Crippen molar-refractivity contribution in [1.29, 1.82) is 0 Å². The average Bonchev–Trinajstić information content (AvgIpc) is 2.81. The van der Waals surface area contributed by atoms with Crippen molar-refractivity contribution >= 4 is 0 Å². The van der Waals surface area contributed by atoms with Crippen molar-refractivity contribution in [3.8, 4) is 0 Å². The van der Waals surface area contributed by atoms with Crippen LogP contribution < -0.4 is 5.73 Å². The van der Waals surface area contributed by atoms with Gasteiger partial charge in [0.15, 0.2) is 0 Å². The lowest BCUT2D eigenvalue weighted by Crippen LogP contribution is -2.18. The smallest absolute Gasteiger partial charge is 0.128 e. The third kappa shape index (κ3) is 3.42. The van der Waals surface area contributed by atoms with Crippen molar-refractivity contribution in [2.75, 3.05) is 0 Å². The molecular formula is C15H19F2N3. The van der Waals surface area contributed by atoms with Crippen LogP contribution in [0.4, 0.5) is 8.78 Å². The highest BCUT2D eigenvalue weighted by Crippen LogP contribution is 2.20. The van der Waals surface area contributed by atoms with Crippen molar-refractivity contribution in [1.82, 2.24) is 9.55 Å². The van der Waals surface area contributed by atoms with E-state index in [9.17, 15) is 8.78 Å². The highest BCUT2D eigenvalue weighted by molar-refractivity contribution is 5.20. The second kappa shape index (κ2) is 6.13. The van der Waals surface area contributed by atoms with E-state index in [1.54, 1.807) is 17.1 Å². The van der Waals surface area contributed by atoms with E-state index in [4.69, 9.17) is 5.73 Å². The lowest BCUT2D eigenvalue weighted by atomic mass is 10.0. The van der Waals surface area contributed by atoms with E-state index < -0.39 is 11.6 Å². The molecule has 20 heavy (non-hydrogen) atoms. The summed E-state index contributed by atoms with van der Waals surface area (Å²) in [5.74, 6) is -0.419. The number of aromatic nitrogens is 2. The summed E-state index contributed by atoms with van der Waals surface area (Å²) in [7, 11) is 0. The number of nitrogens with zero attached hydrogens (tertiary/aromatic N) is 2. The Balaban J connectivity index is 2.22. The first-order chi connectivity index (χ1) is 9.47. The van der Waals surface area contributed by atoms with Crippen LogP contribution in [0.15, 0.2) is 30.7 Å². The maximum Gasteiger partial charge on any atom is 0.128 e. The van der Waals surface area contributed by atoms with Crippen molar-refractivity contribution in [3.05, 3.63) is 53.6 Å².